The quantitative estimate of drug-likeness (QED) is 0.698. The number of hydrogen-bond donors (Lipinski definition) is 1. The minimum atomic E-state index is 0.645. The molecule has 5 heteroatoms. The Morgan fingerprint density at radius 2 is 1.96 bits per heavy atom. The Morgan fingerprint density at radius 1 is 1.12 bits per heavy atom. The molecule has 2 heterocycles. The van der Waals surface area contributed by atoms with E-state index in [1.807, 2.05) is 13.0 Å². The van der Waals surface area contributed by atoms with Crippen LogP contribution >= 0.6 is 0 Å². The van der Waals surface area contributed by atoms with Crippen LogP contribution in [0.2, 0.25) is 0 Å². The molecule has 0 bridgehead atoms. The van der Waals surface area contributed by atoms with E-state index in [0.29, 0.717) is 13.2 Å². The molecule has 1 saturated heterocycles. The molecule has 0 saturated carbocycles. The van der Waals surface area contributed by atoms with Crippen molar-refractivity contribution in [1.29, 1.82) is 0 Å². The Hall–Kier alpha value is -1.82. The van der Waals surface area contributed by atoms with E-state index >= 15 is 0 Å². The predicted molar refractivity (Wildman–Crippen MR) is 99.7 cm³/mol. The van der Waals surface area contributed by atoms with Gasteiger partial charge in [0.25, 0.3) is 0 Å². The Bertz CT molecular complexity index is 613. The van der Waals surface area contributed by atoms with Crippen LogP contribution in [0.25, 0.3) is 0 Å². The first-order chi connectivity index (χ1) is 12.3. The Labute approximate surface area is 150 Å². The van der Waals surface area contributed by atoms with Crippen molar-refractivity contribution in [3.8, 4) is 0 Å². The van der Waals surface area contributed by atoms with E-state index in [-0.39, 0.29) is 0 Å². The van der Waals surface area contributed by atoms with Crippen LogP contribution in [0.15, 0.2) is 53.4 Å². The van der Waals surface area contributed by atoms with Crippen molar-refractivity contribution in [2.45, 2.75) is 20.0 Å². The summed E-state index contributed by atoms with van der Waals surface area (Å²) in [5.41, 5.74) is 8.54. The third-order valence-electron chi connectivity index (χ3n) is 4.55. The molecule has 1 fully saturated rings. The first-order valence-electron chi connectivity index (χ1n) is 9.12. The van der Waals surface area contributed by atoms with E-state index in [1.54, 1.807) is 0 Å². The fourth-order valence-electron chi connectivity index (χ4n) is 3.30. The van der Waals surface area contributed by atoms with Crippen molar-refractivity contribution < 1.29 is 9.47 Å². The number of likely N-dealkylation sites (N-methyl/N-ethyl adjacent to an activating group) is 1. The lowest BCUT2D eigenvalue weighted by molar-refractivity contribution is 0.112. The van der Waals surface area contributed by atoms with Crippen LogP contribution in [0, 0.1) is 0 Å². The van der Waals surface area contributed by atoms with Crippen LogP contribution in [0.5, 0.6) is 0 Å². The summed E-state index contributed by atoms with van der Waals surface area (Å²) in [5, 5.41) is 2.13. The molecule has 0 atom stereocenters. The van der Waals surface area contributed by atoms with Gasteiger partial charge in [0.05, 0.1) is 18.9 Å². The molecule has 136 valence electrons. The first kappa shape index (κ1) is 18.0. The van der Waals surface area contributed by atoms with Gasteiger partial charge in [-0.05, 0) is 25.0 Å². The van der Waals surface area contributed by atoms with Crippen molar-refractivity contribution in [2.24, 2.45) is 0 Å². The van der Waals surface area contributed by atoms with Crippen molar-refractivity contribution in [3.63, 3.8) is 0 Å². The number of ether oxygens (including phenoxy) is 2. The van der Waals surface area contributed by atoms with Crippen LogP contribution in [-0.2, 0) is 16.1 Å². The lowest BCUT2D eigenvalue weighted by atomic mass is 10.1. The highest BCUT2D eigenvalue weighted by atomic mass is 16.5. The summed E-state index contributed by atoms with van der Waals surface area (Å²) in [5.74, 6) is 0. The van der Waals surface area contributed by atoms with E-state index < -0.39 is 0 Å². The van der Waals surface area contributed by atoms with E-state index in [0.717, 1.165) is 39.3 Å². The fraction of sp³-hybridized carbons (Fsp3) is 0.500. The van der Waals surface area contributed by atoms with Gasteiger partial charge in [0.15, 0.2) is 0 Å². The molecule has 1 aromatic rings. The minimum absolute atomic E-state index is 0.645. The third-order valence-corrected chi connectivity index (χ3v) is 4.55. The topological polar surface area (TPSA) is 37.0 Å². The predicted octanol–water partition coefficient (Wildman–Crippen LogP) is 2.53. The molecule has 0 amide bonds. The van der Waals surface area contributed by atoms with Crippen LogP contribution in [0.4, 0.5) is 0 Å². The summed E-state index contributed by atoms with van der Waals surface area (Å²) in [4.78, 5) is 2.43. The van der Waals surface area contributed by atoms with Gasteiger partial charge in [-0.1, -0.05) is 30.3 Å². The lowest BCUT2D eigenvalue weighted by Crippen LogP contribution is -2.32. The van der Waals surface area contributed by atoms with Crippen molar-refractivity contribution >= 4 is 0 Å². The van der Waals surface area contributed by atoms with Crippen LogP contribution in [0.3, 0.4) is 0 Å². The highest BCUT2D eigenvalue weighted by Crippen LogP contribution is 2.27. The van der Waals surface area contributed by atoms with Gasteiger partial charge in [-0.25, -0.2) is 5.01 Å². The second-order valence-corrected chi connectivity index (χ2v) is 6.49. The molecular weight excluding hydrogens is 314 g/mol. The molecule has 25 heavy (non-hydrogen) atoms. The molecule has 2 aliphatic heterocycles. The van der Waals surface area contributed by atoms with E-state index in [1.165, 1.54) is 22.5 Å². The minimum Gasteiger partial charge on any atom is -0.382 e. The molecular formula is C20H29N3O2. The van der Waals surface area contributed by atoms with Gasteiger partial charge in [-0.3, -0.25) is 0 Å². The van der Waals surface area contributed by atoms with Crippen LogP contribution in [-0.4, -0.2) is 56.4 Å². The van der Waals surface area contributed by atoms with E-state index in [2.05, 4.69) is 52.7 Å². The first-order valence-corrected chi connectivity index (χ1v) is 9.12. The number of rotatable bonds is 9. The summed E-state index contributed by atoms with van der Waals surface area (Å²) in [6, 6.07) is 10.4. The monoisotopic (exact) mass is 343 g/mol. The van der Waals surface area contributed by atoms with Gasteiger partial charge in [0.1, 0.15) is 0 Å². The third kappa shape index (κ3) is 4.84. The average molecular weight is 343 g/mol. The van der Waals surface area contributed by atoms with Gasteiger partial charge in [0, 0.05) is 51.2 Å². The summed E-state index contributed by atoms with van der Waals surface area (Å²) in [7, 11) is 2.08. The molecule has 0 radical (unpaired) electrons. The van der Waals surface area contributed by atoms with E-state index in [4.69, 9.17) is 9.47 Å². The molecule has 3 rings (SSSR count). The molecule has 0 aromatic heterocycles. The number of fused-ring (bicyclic) bond motifs is 1. The number of hydrazine groups is 1. The number of nitrogens with one attached hydrogen (secondary N) is 1. The number of hydrogen-bond acceptors (Lipinski definition) is 5. The maximum atomic E-state index is 6.06. The molecule has 0 unspecified atom stereocenters. The Kier molecular flexibility index (Phi) is 6.50. The zero-order chi connectivity index (χ0) is 17.5. The highest BCUT2D eigenvalue weighted by molar-refractivity contribution is 5.41. The second-order valence-electron chi connectivity index (χ2n) is 6.49. The Balaban J connectivity index is 1.63. The average Bonchev–Trinajstić information content (AvgIpc) is 3.01. The maximum absolute atomic E-state index is 6.06. The summed E-state index contributed by atoms with van der Waals surface area (Å²) >= 11 is 0. The molecule has 5 nitrogen and oxygen atoms in total. The normalized spacial score (nSPS) is 17.5. The Morgan fingerprint density at radius 3 is 2.76 bits per heavy atom. The standard InChI is InChI=1S/C20H29N3O2/c1-3-24-13-7-11-23-12-10-19-18(14-22(2)21-19)20(23)16-25-15-17-8-5-4-6-9-17/h4-6,8-10,21H,3,7,11-16H2,1-2H3. The molecule has 0 spiro atoms. The largest absolute Gasteiger partial charge is 0.382 e. The summed E-state index contributed by atoms with van der Waals surface area (Å²) < 4.78 is 11.5. The highest BCUT2D eigenvalue weighted by Gasteiger charge is 2.27. The van der Waals surface area contributed by atoms with Crippen molar-refractivity contribution in [3.05, 3.63) is 58.9 Å². The van der Waals surface area contributed by atoms with Crippen molar-refractivity contribution in [2.75, 3.05) is 46.5 Å². The zero-order valence-electron chi connectivity index (χ0n) is 15.3. The smallest absolute Gasteiger partial charge is 0.0873 e. The van der Waals surface area contributed by atoms with Crippen LogP contribution in [0.1, 0.15) is 18.9 Å². The second kappa shape index (κ2) is 9.04. The molecule has 1 N–H and O–H groups in total. The van der Waals surface area contributed by atoms with Gasteiger partial charge in [-0.2, -0.15) is 0 Å². The lowest BCUT2D eigenvalue weighted by Gasteiger charge is -2.31. The van der Waals surface area contributed by atoms with Gasteiger partial charge < -0.3 is 19.8 Å². The van der Waals surface area contributed by atoms with E-state index in [9.17, 15) is 0 Å². The SMILES string of the molecule is CCOCCCN1CC=C2NN(C)CC2=C1COCc1ccccc1. The van der Waals surface area contributed by atoms with Gasteiger partial charge in [0.2, 0.25) is 0 Å². The van der Waals surface area contributed by atoms with Crippen molar-refractivity contribution in [1.82, 2.24) is 15.3 Å². The molecule has 1 aromatic carbocycles. The van der Waals surface area contributed by atoms with Gasteiger partial charge >= 0.3 is 0 Å². The van der Waals surface area contributed by atoms with Crippen LogP contribution < -0.4 is 5.43 Å². The number of benzene rings is 1. The summed E-state index contributed by atoms with van der Waals surface area (Å²) in [6.07, 6.45) is 3.32. The summed E-state index contributed by atoms with van der Waals surface area (Å²) in [6.45, 7) is 7.77. The maximum Gasteiger partial charge on any atom is 0.0873 e. The fourth-order valence-corrected chi connectivity index (χ4v) is 3.30. The van der Waals surface area contributed by atoms with Gasteiger partial charge in [-0.15, -0.1) is 0 Å². The zero-order valence-corrected chi connectivity index (χ0v) is 15.3. The molecule has 2 aliphatic rings. The number of nitrogens with zero attached hydrogens (tertiary/aromatic N) is 2. The molecule has 0 aliphatic carbocycles.